The van der Waals surface area contributed by atoms with Crippen molar-refractivity contribution in [1.82, 2.24) is 19.5 Å². The van der Waals surface area contributed by atoms with Crippen molar-refractivity contribution in [3.05, 3.63) is 81.9 Å². The molecule has 148 valence electrons. The summed E-state index contributed by atoms with van der Waals surface area (Å²) in [6.07, 6.45) is -0.187. The average molecular weight is 402 g/mol. The lowest BCUT2D eigenvalue weighted by atomic mass is 10.0. The van der Waals surface area contributed by atoms with Gasteiger partial charge < -0.3 is 0 Å². The third kappa shape index (κ3) is 3.51. The van der Waals surface area contributed by atoms with Crippen molar-refractivity contribution in [3.63, 3.8) is 0 Å². The first-order valence-corrected chi connectivity index (χ1v) is 8.59. The molecule has 0 fully saturated rings. The maximum atomic E-state index is 13.6. The Balaban J connectivity index is 1.83. The Hall–Kier alpha value is -3.49. The lowest BCUT2D eigenvalue weighted by molar-refractivity contribution is -0.139. The molecular formula is C20H14F4N4O. The van der Waals surface area contributed by atoms with Crippen LogP contribution in [-0.2, 0) is 12.7 Å². The summed E-state index contributed by atoms with van der Waals surface area (Å²) in [6, 6.07) is 6.12. The van der Waals surface area contributed by atoms with Gasteiger partial charge in [-0.15, -0.1) is 0 Å². The van der Waals surface area contributed by atoms with E-state index in [4.69, 9.17) is 0 Å². The van der Waals surface area contributed by atoms with E-state index >= 15 is 0 Å². The van der Waals surface area contributed by atoms with Crippen LogP contribution in [0.5, 0.6) is 0 Å². The number of aromatic nitrogens is 4. The number of aromatic amines is 1. The molecule has 0 saturated heterocycles. The van der Waals surface area contributed by atoms with E-state index in [0.29, 0.717) is 16.7 Å². The van der Waals surface area contributed by atoms with Gasteiger partial charge in [-0.05, 0) is 47.9 Å². The van der Waals surface area contributed by atoms with E-state index in [1.165, 1.54) is 16.8 Å². The van der Waals surface area contributed by atoms with Crippen LogP contribution in [0, 0.1) is 12.7 Å². The van der Waals surface area contributed by atoms with E-state index in [1.54, 1.807) is 18.5 Å². The average Bonchev–Trinajstić information content (AvgIpc) is 2.97. The van der Waals surface area contributed by atoms with Crippen molar-refractivity contribution in [3.8, 4) is 11.1 Å². The van der Waals surface area contributed by atoms with Gasteiger partial charge in [0.05, 0.1) is 17.6 Å². The summed E-state index contributed by atoms with van der Waals surface area (Å²) in [5.41, 5.74) is 1.22. The number of H-pyrrole nitrogens is 1. The second kappa shape index (κ2) is 6.84. The number of benzene rings is 1. The maximum Gasteiger partial charge on any atom is 0.419 e. The molecule has 0 saturated carbocycles. The third-order valence-corrected chi connectivity index (χ3v) is 4.71. The first-order valence-electron chi connectivity index (χ1n) is 8.59. The summed E-state index contributed by atoms with van der Waals surface area (Å²) in [5, 5.41) is 0. The van der Waals surface area contributed by atoms with Gasteiger partial charge in [0, 0.05) is 24.2 Å². The van der Waals surface area contributed by atoms with Crippen molar-refractivity contribution in [2.75, 3.05) is 0 Å². The van der Waals surface area contributed by atoms with Crippen LogP contribution in [0.25, 0.3) is 22.3 Å². The molecule has 0 aliphatic carbocycles. The molecule has 0 atom stereocenters. The first-order chi connectivity index (χ1) is 13.7. The highest BCUT2D eigenvalue weighted by molar-refractivity contribution is 5.78. The molecule has 0 spiro atoms. The highest BCUT2D eigenvalue weighted by atomic mass is 19.4. The highest BCUT2D eigenvalue weighted by Gasteiger charge is 2.34. The second-order valence-corrected chi connectivity index (χ2v) is 6.60. The number of nitrogens with one attached hydrogen (secondary N) is 1. The zero-order valence-corrected chi connectivity index (χ0v) is 15.1. The summed E-state index contributed by atoms with van der Waals surface area (Å²) >= 11 is 0. The smallest absolute Gasteiger partial charge is 0.290 e. The van der Waals surface area contributed by atoms with E-state index in [2.05, 4.69) is 15.0 Å². The molecule has 4 rings (SSSR count). The van der Waals surface area contributed by atoms with Crippen LogP contribution < -0.4 is 5.69 Å². The minimum atomic E-state index is -4.81. The van der Waals surface area contributed by atoms with Crippen molar-refractivity contribution in [2.45, 2.75) is 19.6 Å². The van der Waals surface area contributed by atoms with Crippen molar-refractivity contribution < 1.29 is 17.6 Å². The molecule has 1 aromatic carbocycles. The van der Waals surface area contributed by atoms with Gasteiger partial charge in [0.1, 0.15) is 5.82 Å². The quantitative estimate of drug-likeness (QED) is 0.520. The molecule has 0 amide bonds. The molecule has 1 N–H and O–H groups in total. The fraction of sp³-hybridized carbons (Fsp3) is 0.150. The number of nitrogens with zero attached hydrogens (tertiary/aromatic N) is 3. The van der Waals surface area contributed by atoms with Crippen molar-refractivity contribution in [2.24, 2.45) is 0 Å². The number of hydrogen-bond acceptors (Lipinski definition) is 3. The molecule has 9 heteroatoms. The summed E-state index contributed by atoms with van der Waals surface area (Å²) in [5.74, 6) is -1.35. The topological polar surface area (TPSA) is 63.6 Å². The van der Waals surface area contributed by atoms with E-state index < -0.39 is 23.2 Å². The third-order valence-electron chi connectivity index (χ3n) is 4.71. The summed E-state index contributed by atoms with van der Waals surface area (Å²) < 4.78 is 54.1. The molecule has 0 unspecified atom stereocenters. The Morgan fingerprint density at radius 2 is 1.90 bits per heavy atom. The van der Waals surface area contributed by atoms with Crippen LogP contribution >= 0.6 is 0 Å². The number of hydrogen-bond donors (Lipinski definition) is 1. The fourth-order valence-electron chi connectivity index (χ4n) is 3.10. The SMILES string of the molecule is Cc1ccncc1Cn1c(=O)[nH]c2ncc(-c3ccc(F)c(C(F)(F)F)c3)cc21. The predicted octanol–water partition coefficient (Wildman–Crippen LogP) is 4.30. The molecule has 5 nitrogen and oxygen atoms in total. The first kappa shape index (κ1) is 18.9. The van der Waals surface area contributed by atoms with Gasteiger partial charge in [-0.3, -0.25) is 14.5 Å². The largest absolute Gasteiger partial charge is 0.419 e. The monoisotopic (exact) mass is 402 g/mol. The normalized spacial score (nSPS) is 11.9. The molecular weight excluding hydrogens is 388 g/mol. The van der Waals surface area contributed by atoms with Crippen LogP contribution in [0.2, 0.25) is 0 Å². The number of fused-ring (bicyclic) bond motifs is 1. The van der Waals surface area contributed by atoms with Gasteiger partial charge in [0.25, 0.3) is 0 Å². The van der Waals surface area contributed by atoms with Gasteiger partial charge in [-0.25, -0.2) is 14.2 Å². The lowest BCUT2D eigenvalue weighted by Gasteiger charge is -2.11. The molecule has 29 heavy (non-hydrogen) atoms. The molecule has 4 aromatic rings. The highest BCUT2D eigenvalue weighted by Crippen LogP contribution is 2.34. The summed E-state index contributed by atoms with van der Waals surface area (Å²) in [7, 11) is 0. The van der Waals surface area contributed by atoms with Gasteiger partial charge in [-0.2, -0.15) is 13.2 Å². The van der Waals surface area contributed by atoms with E-state index in [0.717, 1.165) is 23.3 Å². The van der Waals surface area contributed by atoms with Crippen molar-refractivity contribution >= 4 is 11.2 Å². The number of alkyl halides is 3. The number of rotatable bonds is 3. The Kier molecular flexibility index (Phi) is 4.45. The van der Waals surface area contributed by atoms with Gasteiger partial charge in [-0.1, -0.05) is 6.07 Å². The molecule has 0 aliphatic rings. The minimum absolute atomic E-state index is 0.144. The van der Waals surface area contributed by atoms with E-state index in [9.17, 15) is 22.4 Å². The van der Waals surface area contributed by atoms with Gasteiger partial charge >= 0.3 is 11.9 Å². The second-order valence-electron chi connectivity index (χ2n) is 6.60. The zero-order chi connectivity index (χ0) is 20.8. The molecule has 0 bridgehead atoms. The van der Waals surface area contributed by atoms with E-state index in [1.807, 2.05) is 13.0 Å². The summed E-state index contributed by atoms with van der Waals surface area (Å²) in [6.45, 7) is 2.11. The Bertz CT molecular complexity index is 1270. The number of halogens is 4. The number of pyridine rings is 2. The predicted molar refractivity (Wildman–Crippen MR) is 98.8 cm³/mol. The molecule has 3 aromatic heterocycles. The van der Waals surface area contributed by atoms with Crippen LogP contribution in [0.3, 0.4) is 0 Å². The van der Waals surface area contributed by atoms with Crippen LogP contribution in [-0.4, -0.2) is 19.5 Å². The molecule has 0 radical (unpaired) electrons. The maximum absolute atomic E-state index is 13.6. The standard InChI is InChI=1S/C20H14F4N4O/c1-11-4-5-25-8-14(11)10-28-17-7-13(9-26-18(17)27-19(28)29)12-2-3-16(21)15(6-12)20(22,23)24/h2-9H,10H2,1H3,(H,26,27,29). The Morgan fingerprint density at radius 1 is 1.10 bits per heavy atom. The van der Waals surface area contributed by atoms with Gasteiger partial charge in [0.15, 0.2) is 5.65 Å². The lowest BCUT2D eigenvalue weighted by Crippen LogP contribution is -2.17. The molecule has 3 heterocycles. The number of aryl methyl sites for hydroxylation is 1. The molecule has 0 aliphatic heterocycles. The van der Waals surface area contributed by atoms with Crippen LogP contribution in [0.15, 0.2) is 53.7 Å². The van der Waals surface area contributed by atoms with Crippen molar-refractivity contribution in [1.29, 1.82) is 0 Å². The van der Waals surface area contributed by atoms with Crippen LogP contribution in [0.4, 0.5) is 17.6 Å². The number of imidazole rings is 1. The minimum Gasteiger partial charge on any atom is -0.290 e. The van der Waals surface area contributed by atoms with Gasteiger partial charge in [0.2, 0.25) is 0 Å². The zero-order valence-electron chi connectivity index (χ0n) is 15.1. The summed E-state index contributed by atoms with van der Waals surface area (Å²) in [4.78, 5) is 23.2. The Morgan fingerprint density at radius 3 is 2.62 bits per heavy atom. The van der Waals surface area contributed by atoms with E-state index in [-0.39, 0.29) is 12.1 Å². The Labute approximate surface area is 161 Å². The van der Waals surface area contributed by atoms with Crippen LogP contribution in [0.1, 0.15) is 16.7 Å². The fourth-order valence-corrected chi connectivity index (χ4v) is 3.10.